The lowest BCUT2D eigenvalue weighted by Gasteiger charge is -2.26. The smallest absolute Gasteiger partial charge is 0.126 e. The van der Waals surface area contributed by atoms with Gasteiger partial charge in [-0.25, -0.2) is 4.39 Å². The maximum Gasteiger partial charge on any atom is 0.126 e. The van der Waals surface area contributed by atoms with Crippen molar-refractivity contribution in [3.8, 4) is 0 Å². The van der Waals surface area contributed by atoms with Gasteiger partial charge in [0.1, 0.15) is 11.4 Å². The molecule has 0 aliphatic heterocycles. The molecule has 3 rings (SSSR count). The molecule has 0 aromatic heterocycles. The summed E-state index contributed by atoms with van der Waals surface area (Å²) in [5, 5.41) is 11.9. The van der Waals surface area contributed by atoms with Crippen molar-refractivity contribution in [3.05, 3.63) is 69.0 Å². The molecule has 0 fully saturated rings. The molecule has 0 saturated heterocycles. The molecule has 0 amide bonds. The molecule has 98 valence electrons. The van der Waals surface area contributed by atoms with Crippen LogP contribution in [0.3, 0.4) is 0 Å². The predicted molar refractivity (Wildman–Crippen MR) is 74.2 cm³/mol. The summed E-state index contributed by atoms with van der Waals surface area (Å²) in [5.41, 5.74) is 0.406. The quantitative estimate of drug-likeness (QED) is 0.831. The van der Waals surface area contributed by atoms with Crippen LogP contribution in [-0.4, -0.2) is 5.11 Å². The van der Waals surface area contributed by atoms with Crippen LogP contribution in [0.25, 0.3) is 0 Å². The van der Waals surface area contributed by atoms with Gasteiger partial charge < -0.3 is 5.11 Å². The van der Waals surface area contributed by atoms with Gasteiger partial charge >= 0.3 is 0 Å². The Balaban J connectivity index is 2.22. The monoisotopic (exact) mass is 296 g/mol. The van der Waals surface area contributed by atoms with Crippen molar-refractivity contribution >= 4 is 23.2 Å². The molecule has 1 aliphatic carbocycles. The zero-order valence-electron chi connectivity index (χ0n) is 9.96. The standard InChI is InChI=1S/C15H11Cl2FO/c16-9-4-5-13(17)12(8-9)15(19)7-6-10-11(15)2-1-3-14(10)18/h1-5,8,19H,6-7H2. The Bertz CT molecular complexity index is 657. The second kappa shape index (κ2) is 4.48. The van der Waals surface area contributed by atoms with Gasteiger partial charge in [-0.3, -0.25) is 0 Å². The molecular weight excluding hydrogens is 286 g/mol. The molecule has 0 heterocycles. The summed E-state index contributed by atoms with van der Waals surface area (Å²) in [6, 6.07) is 9.70. The highest BCUT2D eigenvalue weighted by atomic mass is 35.5. The predicted octanol–water partition coefficient (Wildman–Crippen LogP) is 4.31. The van der Waals surface area contributed by atoms with Gasteiger partial charge in [-0.2, -0.15) is 0 Å². The van der Waals surface area contributed by atoms with E-state index in [9.17, 15) is 9.50 Å². The summed E-state index contributed by atoms with van der Waals surface area (Å²) in [6.45, 7) is 0. The summed E-state index contributed by atoms with van der Waals surface area (Å²) in [5.74, 6) is -0.286. The maximum atomic E-state index is 13.8. The molecule has 0 spiro atoms. The van der Waals surface area contributed by atoms with E-state index in [0.717, 1.165) is 0 Å². The number of benzene rings is 2. The summed E-state index contributed by atoms with van der Waals surface area (Å²) < 4.78 is 13.8. The molecule has 1 atom stereocenters. The first-order chi connectivity index (χ1) is 9.02. The number of hydrogen-bond donors (Lipinski definition) is 1. The Morgan fingerprint density at radius 3 is 2.68 bits per heavy atom. The van der Waals surface area contributed by atoms with Crippen molar-refractivity contribution in [3.63, 3.8) is 0 Å². The first-order valence-corrected chi connectivity index (χ1v) is 6.74. The molecule has 0 bridgehead atoms. The highest BCUT2D eigenvalue weighted by molar-refractivity contribution is 6.33. The van der Waals surface area contributed by atoms with Crippen LogP contribution in [-0.2, 0) is 12.0 Å². The van der Waals surface area contributed by atoms with Gasteiger partial charge in [-0.05, 0) is 48.2 Å². The highest BCUT2D eigenvalue weighted by Crippen LogP contribution is 2.45. The second-order valence-electron chi connectivity index (χ2n) is 4.75. The molecule has 1 aliphatic rings. The Hall–Kier alpha value is -1.09. The minimum absolute atomic E-state index is 0.286. The van der Waals surface area contributed by atoms with E-state index in [1.54, 1.807) is 30.3 Å². The van der Waals surface area contributed by atoms with Crippen molar-refractivity contribution < 1.29 is 9.50 Å². The van der Waals surface area contributed by atoms with Gasteiger partial charge in [-0.15, -0.1) is 0 Å². The van der Waals surface area contributed by atoms with Crippen molar-refractivity contribution in [1.29, 1.82) is 0 Å². The first-order valence-electron chi connectivity index (χ1n) is 5.98. The van der Waals surface area contributed by atoms with Crippen molar-refractivity contribution in [2.45, 2.75) is 18.4 Å². The highest BCUT2D eigenvalue weighted by Gasteiger charge is 2.40. The minimum Gasteiger partial charge on any atom is -0.380 e. The lowest BCUT2D eigenvalue weighted by Crippen LogP contribution is -2.24. The Morgan fingerprint density at radius 1 is 1.11 bits per heavy atom. The number of halogens is 3. The van der Waals surface area contributed by atoms with Gasteiger partial charge in [0.05, 0.1) is 0 Å². The fourth-order valence-corrected chi connectivity index (χ4v) is 3.18. The fraction of sp³-hybridized carbons (Fsp3) is 0.200. The van der Waals surface area contributed by atoms with Crippen molar-refractivity contribution in [1.82, 2.24) is 0 Å². The fourth-order valence-electron chi connectivity index (χ4n) is 2.73. The molecule has 1 unspecified atom stereocenters. The van der Waals surface area contributed by atoms with E-state index in [0.29, 0.717) is 39.6 Å². The summed E-state index contributed by atoms with van der Waals surface area (Å²) >= 11 is 12.1. The van der Waals surface area contributed by atoms with E-state index in [1.807, 2.05) is 0 Å². The Kier molecular flexibility index (Phi) is 3.05. The second-order valence-corrected chi connectivity index (χ2v) is 5.59. The van der Waals surface area contributed by atoms with Gasteiger partial charge in [0.15, 0.2) is 0 Å². The Morgan fingerprint density at radius 2 is 1.89 bits per heavy atom. The van der Waals surface area contributed by atoms with Crippen molar-refractivity contribution in [2.24, 2.45) is 0 Å². The average molecular weight is 297 g/mol. The number of rotatable bonds is 1. The van der Waals surface area contributed by atoms with E-state index in [-0.39, 0.29) is 5.82 Å². The molecular formula is C15H11Cl2FO. The SMILES string of the molecule is OC1(c2cc(Cl)ccc2Cl)CCc2c(F)cccc21. The number of fused-ring (bicyclic) bond motifs is 1. The summed E-state index contributed by atoms with van der Waals surface area (Å²) in [6.07, 6.45) is 0.894. The largest absolute Gasteiger partial charge is 0.380 e. The molecule has 0 radical (unpaired) electrons. The zero-order valence-corrected chi connectivity index (χ0v) is 11.5. The lowest BCUT2D eigenvalue weighted by atomic mass is 9.88. The van der Waals surface area contributed by atoms with Crippen LogP contribution in [0, 0.1) is 5.82 Å². The van der Waals surface area contributed by atoms with Gasteiger partial charge in [0, 0.05) is 15.6 Å². The van der Waals surface area contributed by atoms with E-state index >= 15 is 0 Å². The van der Waals surface area contributed by atoms with E-state index in [2.05, 4.69) is 0 Å². The van der Waals surface area contributed by atoms with Crippen LogP contribution < -0.4 is 0 Å². The third-order valence-corrected chi connectivity index (χ3v) is 4.24. The Labute approximate surface area is 120 Å². The van der Waals surface area contributed by atoms with Crippen molar-refractivity contribution in [2.75, 3.05) is 0 Å². The van der Waals surface area contributed by atoms with Crippen LogP contribution >= 0.6 is 23.2 Å². The van der Waals surface area contributed by atoms with Crippen LogP contribution in [0.15, 0.2) is 36.4 Å². The average Bonchev–Trinajstić information content (AvgIpc) is 2.73. The lowest BCUT2D eigenvalue weighted by molar-refractivity contribution is 0.0830. The van der Waals surface area contributed by atoms with Gasteiger partial charge in [-0.1, -0.05) is 35.3 Å². The summed E-state index contributed by atoms with van der Waals surface area (Å²) in [4.78, 5) is 0. The van der Waals surface area contributed by atoms with E-state index in [1.165, 1.54) is 6.07 Å². The number of aliphatic hydroxyl groups is 1. The first kappa shape index (κ1) is 12.9. The van der Waals surface area contributed by atoms with Crippen LogP contribution in [0.5, 0.6) is 0 Å². The van der Waals surface area contributed by atoms with E-state index < -0.39 is 5.60 Å². The minimum atomic E-state index is -1.26. The van der Waals surface area contributed by atoms with Crippen LogP contribution in [0.2, 0.25) is 10.0 Å². The zero-order chi connectivity index (χ0) is 13.6. The van der Waals surface area contributed by atoms with Crippen LogP contribution in [0.4, 0.5) is 4.39 Å². The third kappa shape index (κ3) is 1.95. The third-order valence-electron chi connectivity index (χ3n) is 3.68. The maximum absolute atomic E-state index is 13.8. The normalized spacial score (nSPS) is 21.5. The van der Waals surface area contributed by atoms with Gasteiger partial charge in [0.25, 0.3) is 0 Å². The number of hydrogen-bond acceptors (Lipinski definition) is 1. The topological polar surface area (TPSA) is 20.2 Å². The summed E-state index contributed by atoms with van der Waals surface area (Å²) in [7, 11) is 0. The van der Waals surface area contributed by atoms with Crippen LogP contribution in [0.1, 0.15) is 23.1 Å². The van der Waals surface area contributed by atoms with Gasteiger partial charge in [0.2, 0.25) is 0 Å². The molecule has 19 heavy (non-hydrogen) atoms. The molecule has 4 heteroatoms. The molecule has 1 N–H and O–H groups in total. The molecule has 2 aromatic rings. The van der Waals surface area contributed by atoms with E-state index in [4.69, 9.17) is 23.2 Å². The molecule has 2 aromatic carbocycles. The molecule has 1 nitrogen and oxygen atoms in total. The molecule has 0 saturated carbocycles.